The van der Waals surface area contributed by atoms with Gasteiger partial charge >= 0.3 is 5.97 Å². The van der Waals surface area contributed by atoms with E-state index in [4.69, 9.17) is 28.3 Å². The van der Waals surface area contributed by atoms with Gasteiger partial charge in [0.25, 0.3) is 0 Å². The summed E-state index contributed by atoms with van der Waals surface area (Å²) < 4.78 is 13.0. The fourth-order valence-corrected chi connectivity index (χ4v) is 2.54. The molecule has 1 fully saturated rings. The van der Waals surface area contributed by atoms with E-state index in [1.807, 2.05) is 0 Å². The molecule has 16 heavy (non-hydrogen) atoms. The van der Waals surface area contributed by atoms with Gasteiger partial charge in [-0.15, -0.1) is 0 Å². The maximum atomic E-state index is 13.0. The monoisotopic (exact) mass is 262 g/mol. The Bertz CT molecular complexity index is 421. The van der Waals surface area contributed by atoms with Crippen molar-refractivity contribution in [3.05, 3.63) is 33.6 Å². The molecule has 1 unspecified atom stereocenters. The second-order valence-electron chi connectivity index (χ2n) is 3.94. The lowest BCUT2D eigenvalue weighted by molar-refractivity contribution is -0.139. The summed E-state index contributed by atoms with van der Waals surface area (Å²) >= 11 is 11.7. The zero-order valence-corrected chi connectivity index (χ0v) is 9.72. The molecule has 0 radical (unpaired) electrons. The minimum atomic E-state index is -0.960. The summed E-state index contributed by atoms with van der Waals surface area (Å²) in [5.74, 6) is -2.17. The van der Waals surface area contributed by atoms with Crippen LogP contribution in [0.2, 0.25) is 10.0 Å². The highest BCUT2D eigenvalue weighted by molar-refractivity contribution is 6.36. The molecule has 1 aliphatic carbocycles. The van der Waals surface area contributed by atoms with Crippen molar-refractivity contribution in [1.29, 1.82) is 0 Å². The number of halogens is 3. The third-order valence-electron chi connectivity index (χ3n) is 2.71. The average Bonchev–Trinajstić information content (AvgIpc) is 2.93. The van der Waals surface area contributed by atoms with Crippen LogP contribution < -0.4 is 0 Å². The van der Waals surface area contributed by atoms with Crippen LogP contribution in [0.3, 0.4) is 0 Å². The molecule has 2 nitrogen and oxygen atoms in total. The number of benzene rings is 1. The third kappa shape index (κ3) is 2.15. The van der Waals surface area contributed by atoms with Crippen molar-refractivity contribution < 1.29 is 14.3 Å². The number of carboxylic acids is 1. The van der Waals surface area contributed by atoms with Gasteiger partial charge in [0.2, 0.25) is 0 Å². The lowest BCUT2D eigenvalue weighted by atomic mass is 9.94. The first-order valence-electron chi connectivity index (χ1n) is 4.88. The fraction of sp³-hybridized carbons (Fsp3) is 0.364. The van der Waals surface area contributed by atoms with Gasteiger partial charge in [0.15, 0.2) is 0 Å². The molecule has 1 saturated carbocycles. The summed E-state index contributed by atoms with van der Waals surface area (Å²) in [5, 5.41) is 9.32. The Balaban J connectivity index is 2.48. The van der Waals surface area contributed by atoms with Gasteiger partial charge < -0.3 is 5.11 Å². The highest BCUT2D eigenvalue weighted by atomic mass is 35.5. The molecule has 0 aromatic heterocycles. The summed E-state index contributed by atoms with van der Waals surface area (Å²) in [6.07, 6.45) is 1.70. The molecule has 0 saturated heterocycles. The Kier molecular flexibility index (Phi) is 3.08. The van der Waals surface area contributed by atoms with Crippen molar-refractivity contribution >= 4 is 29.2 Å². The van der Waals surface area contributed by atoms with Gasteiger partial charge in [-0.05, 0) is 30.9 Å². The summed E-state index contributed by atoms with van der Waals surface area (Å²) in [6, 6.07) is 2.20. The molecule has 1 atom stereocenters. The van der Waals surface area contributed by atoms with Gasteiger partial charge in [-0.2, -0.15) is 0 Å². The number of hydrogen-bond donors (Lipinski definition) is 1. The van der Waals surface area contributed by atoms with Gasteiger partial charge in [0.1, 0.15) is 5.82 Å². The zero-order chi connectivity index (χ0) is 11.9. The van der Waals surface area contributed by atoms with Crippen LogP contribution in [0, 0.1) is 11.7 Å². The maximum Gasteiger partial charge on any atom is 0.311 e. The van der Waals surface area contributed by atoms with Crippen LogP contribution in [0.4, 0.5) is 4.39 Å². The SMILES string of the molecule is O=C(O)C(c1c(Cl)cc(F)cc1Cl)C1CC1. The molecule has 0 aliphatic heterocycles. The van der Waals surface area contributed by atoms with Crippen molar-refractivity contribution in [3.8, 4) is 0 Å². The lowest BCUT2D eigenvalue weighted by Gasteiger charge is -2.15. The standard InChI is InChI=1S/C11H9Cl2FO2/c12-7-3-6(14)4-8(13)10(7)9(11(15)16)5-1-2-5/h3-5,9H,1-2H2,(H,15,16). The molecule has 1 aromatic carbocycles. The van der Waals surface area contributed by atoms with Crippen molar-refractivity contribution in [2.45, 2.75) is 18.8 Å². The van der Waals surface area contributed by atoms with Crippen LogP contribution >= 0.6 is 23.2 Å². The molecular formula is C11H9Cl2FO2. The summed E-state index contributed by atoms with van der Waals surface area (Å²) in [7, 11) is 0. The second-order valence-corrected chi connectivity index (χ2v) is 4.75. The van der Waals surface area contributed by atoms with Crippen LogP contribution in [0.5, 0.6) is 0 Å². The first-order chi connectivity index (χ1) is 7.50. The fourth-order valence-electron chi connectivity index (χ4n) is 1.84. The Morgan fingerprint density at radius 2 is 1.88 bits per heavy atom. The summed E-state index contributed by atoms with van der Waals surface area (Å²) in [6.45, 7) is 0. The van der Waals surface area contributed by atoms with E-state index in [0.717, 1.165) is 25.0 Å². The number of aliphatic carboxylic acids is 1. The average molecular weight is 263 g/mol. The van der Waals surface area contributed by atoms with E-state index in [-0.39, 0.29) is 16.0 Å². The number of rotatable bonds is 3. The molecule has 1 aromatic rings. The van der Waals surface area contributed by atoms with Crippen molar-refractivity contribution in [2.75, 3.05) is 0 Å². The maximum absolute atomic E-state index is 13.0. The number of carbonyl (C=O) groups is 1. The Hall–Kier alpha value is -0.800. The molecule has 5 heteroatoms. The first-order valence-corrected chi connectivity index (χ1v) is 5.63. The quantitative estimate of drug-likeness (QED) is 0.902. The smallest absolute Gasteiger partial charge is 0.311 e. The molecule has 1 aliphatic rings. The predicted molar refractivity (Wildman–Crippen MR) is 59.5 cm³/mol. The largest absolute Gasteiger partial charge is 0.481 e. The van der Waals surface area contributed by atoms with E-state index in [9.17, 15) is 9.18 Å². The van der Waals surface area contributed by atoms with Crippen LogP contribution in [0.25, 0.3) is 0 Å². The predicted octanol–water partition coefficient (Wildman–Crippen LogP) is 3.71. The third-order valence-corrected chi connectivity index (χ3v) is 3.34. The van der Waals surface area contributed by atoms with E-state index in [2.05, 4.69) is 0 Å². The Morgan fingerprint density at radius 1 is 1.38 bits per heavy atom. The molecular weight excluding hydrogens is 254 g/mol. The van der Waals surface area contributed by atoms with Crippen molar-refractivity contribution in [2.24, 2.45) is 5.92 Å². The van der Waals surface area contributed by atoms with Crippen LogP contribution in [0.1, 0.15) is 24.3 Å². The lowest BCUT2D eigenvalue weighted by Crippen LogP contribution is -2.14. The number of carboxylic acid groups (broad SMARTS) is 1. The molecule has 0 spiro atoms. The van der Waals surface area contributed by atoms with Gasteiger partial charge in [-0.25, -0.2) is 4.39 Å². The van der Waals surface area contributed by atoms with Crippen LogP contribution in [-0.2, 0) is 4.79 Å². The van der Waals surface area contributed by atoms with Crippen molar-refractivity contribution in [3.63, 3.8) is 0 Å². The van der Waals surface area contributed by atoms with E-state index < -0.39 is 17.7 Å². The summed E-state index contributed by atoms with van der Waals surface area (Å²) in [5.41, 5.74) is 0.333. The first kappa shape index (κ1) is 11.7. The molecule has 1 N–H and O–H groups in total. The van der Waals surface area contributed by atoms with E-state index in [0.29, 0.717) is 5.56 Å². The van der Waals surface area contributed by atoms with E-state index in [1.165, 1.54) is 0 Å². The van der Waals surface area contributed by atoms with E-state index >= 15 is 0 Å². The Morgan fingerprint density at radius 3 is 2.25 bits per heavy atom. The van der Waals surface area contributed by atoms with E-state index in [1.54, 1.807) is 0 Å². The molecule has 2 rings (SSSR count). The molecule has 0 bridgehead atoms. The molecule has 86 valence electrons. The van der Waals surface area contributed by atoms with Crippen LogP contribution in [-0.4, -0.2) is 11.1 Å². The minimum absolute atomic E-state index is 0.0676. The normalized spacial score (nSPS) is 17.2. The second kappa shape index (κ2) is 4.22. The Labute approximate surface area is 102 Å². The highest BCUT2D eigenvalue weighted by Gasteiger charge is 2.39. The molecule has 0 amide bonds. The van der Waals surface area contributed by atoms with Crippen molar-refractivity contribution in [1.82, 2.24) is 0 Å². The van der Waals surface area contributed by atoms with Crippen LogP contribution in [0.15, 0.2) is 12.1 Å². The summed E-state index contributed by atoms with van der Waals surface area (Å²) in [4.78, 5) is 11.2. The highest BCUT2D eigenvalue weighted by Crippen LogP contribution is 2.46. The number of hydrogen-bond acceptors (Lipinski definition) is 1. The minimum Gasteiger partial charge on any atom is -0.481 e. The van der Waals surface area contributed by atoms with Gasteiger partial charge in [0.05, 0.1) is 5.92 Å². The van der Waals surface area contributed by atoms with Gasteiger partial charge in [-0.3, -0.25) is 4.79 Å². The van der Waals surface area contributed by atoms with Gasteiger partial charge in [0, 0.05) is 15.6 Å². The topological polar surface area (TPSA) is 37.3 Å². The van der Waals surface area contributed by atoms with Gasteiger partial charge in [-0.1, -0.05) is 23.2 Å². The molecule has 0 heterocycles. The zero-order valence-electron chi connectivity index (χ0n) is 8.21.